The molecule has 1 aliphatic rings. The number of aromatic nitrogens is 2. The molecule has 1 aliphatic heterocycles. The van der Waals surface area contributed by atoms with Crippen LogP contribution < -0.4 is 4.90 Å². The number of carbonyl (C=O) groups excluding carboxylic acids is 2. The van der Waals surface area contributed by atoms with Crippen LogP contribution in [0, 0.1) is 5.82 Å². The Balaban J connectivity index is 1.68. The van der Waals surface area contributed by atoms with Crippen molar-refractivity contribution in [2.75, 3.05) is 11.4 Å². The third-order valence-corrected chi connectivity index (χ3v) is 7.01. The Morgan fingerprint density at radius 2 is 1.82 bits per heavy atom. The monoisotopic (exact) mass is 464 g/mol. The van der Waals surface area contributed by atoms with Gasteiger partial charge in [-0.05, 0) is 57.0 Å². The van der Waals surface area contributed by atoms with Gasteiger partial charge in [-0.25, -0.2) is 9.37 Å². The van der Waals surface area contributed by atoms with E-state index in [1.54, 1.807) is 17.0 Å². The Hall–Kier alpha value is -3.22. The van der Waals surface area contributed by atoms with Crippen molar-refractivity contribution >= 4 is 28.5 Å². The highest BCUT2D eigenvalue weighted by atomic mass is 19.1. The van der Waals surface area contributed by atoms with Crippen LogP contribution in [0.15, 0.2) is 48.5 Å². The van der Waals surface area contributed by atoms with Gasteiger partial charge >= 0.3 is 0 Å². The number of hydrogen-bond donors (Lipinski definition) is 0. The second kappa shape index (κ2) is 9.95. The Morgan fingerprint density at radius 1 is 1.12 bits per heavy atom. The normalized spacial score (nSPS) is 17.9. The lowest BCUT2D eigenvalue weighted by Crippen LogP contribution is -2.46. The van der Waals surface area contributed by atoms with Gasteiger partial charge in [-0.2, -0.15) is 0 Å². The molecule has 4 rings (SSSR count). The maximum atomic E-state index is 13.8. The van der Waals surface area contributed by atoms with Gasteiger partial charge in [-0.1, -0.05) is 32.0 Å². The highest BCUT2D eigenvalue weighted by Gasteiger charge is 2.36. The Labute approximate surface area is 200 Å². The van der Waals surface area contributed by atoms with Gasteiger partial charge in [0, 0.05) is 36.7 Å². The van der Waals surface area contributed by atoms with E-state index in [9.17, 15) is 14.0 Å². The molecule has 1 aromatic heterocycles. The molecule has 2 heterocycles. The first kappa shape index (κ1) is 23.9. The van der Waals surface area contributed by atoms with E-state index in [1.165, 1.54) is 12.1 Å². The number of para-hydroxylation sites is 2. The third kappa shape index (κ3) is 4.56. The van der Waals surface area contributed by atoms with Crippen LogP contribution >= 0.6 is 0 Å². The average Bonchev–Trinajstić information content (AvgIpc) is 3.39. The molecular weight excluding hydrogens is 431 g/mol. The van der Waals surface area contributed by atoms with Crippen molar-refractivity contribution in [2.24, 2.45) is 0 Å². The predicted molar refractivity (Wildman–Crippen MR) is 132 cm³/mol. The van der Waals surface area contributed by atoms with E-state index >= 15 is 0 Å². The summed E-state index contributed by atoms with van der Waals surface area (Å²) in [7, 11) is 0. The lowest BCUT2D eigenvalue weighted by Gasteiger charge is -2.34. The van der Waals surface area contributed by atoms with Gasteiger partial charge in [0.25, 0.3) is 0 Å². The van der Waals surface area contributed by atoms with Crippen molar-refractivity contribution in [1.29, 1.82) is 0 Å². The topological polar surface area (TPSA) is 58.4 Å². The van der Waals surface area contributed by atoms with E-state index in [-0.39, 0.29) is 48.6 Å². The first-order valence-corrected chi connectivity index (χ1v) is 12.2. The molecule has 1 fully saturated rings. The summed E-state index contributed by atoms with van der Waals surface area (Å²) in [6.07, 6.45) is 2.04. The summed E-state index contributed by atoms with van der Waals surface area (Å²) in [5.74, 6) is 0.161. The van der Waals surface area contributed by atoms with E-state index in [1.807, 2.05) is 33.7 Å². The minimum atomic E-state index is -0.373. The quantitative estimate of drug-likeness (QED) is 0.465. The van der Waals surface area contributed by atoms with Gasteiger partial charge in [0.05, 0.1) is 11.0 Å². The number of fused-ring (bicyclic) bond motifs is 1. The summed E-state index contributed by atoms with van der Waals surface area (Å²) >= 11 is 0. The number of rotatable bonds is 8. The number of amides is 2. The molecule has 1 saturated heterocycles. The molecule has 0 spiro atoms. The molecular formula is C27H33FN4O2. The summed E-state index contributed by atoms with van der Waals surface area (Å²) in [6, 6.07) is 14.1. The minimum Gasteiger partial charge on any atom is -0.336 e. The zero-order valence-corrected chi connectivity index (χ0v) is 20.4. The van der Waals surface area contributed by atoms with Crippen molar-refractivity contribution in [3.8, 4) is 0 Å². The van der Waals surface area contributed by atoms with Crippen molar-refractivity contribution in [3.05, 3.63) is 60.2 Å². The van der Waals surface area contributed by atoms with E-state index < -0.39 is 0 Å². The van der Waals surface area contributed by atoms with Crippen LogP contribution in [0.3, 0.4) is 0 Å². The first-order valence-electron chi connectivity index (χ1n) is 12.2. The fourth-order valence-corrected chi connectivity index (χ4v) is 4.88. The lowest BCUT2D eigenvalue weighted by molar-refractivity contribution is -0.136. The molecule has 3 unspecified atom stereocenters. The van der Waals surface area contributed by atoms with Gasteiger partial charge in [-0.3, -0.25) is 9.59 Å². The van der Waals surface area contributed by atoms with Crippen LogP contribution in [-0.2, 0) is 16.1 Å². The van der Waals surface area contributed by atoms with Gasteiger partial charge in [0.2, 0.25) is 11.8 Å². The molecule has 2 amide bonds. The standard InChI is InChI=1S/C27H33FN4O2/c1-5-18(3)32(19(4)6-2)26(34)17-31-24-13-8-7-12-23(24)29-27(31)20-14-25(33)30(16-20)22-11-9-10-21(28)15-22/h7-13,15,18-20H,5-6,14,16-17H2,1-4H3. The molecule has 3 atom stereocenters. The van der Waals surface area contributed by atoms with Crippen LogP contribution in [-0.4, -0.2) is 44.9 Å². The number of benzene rings is 2. The number of carbonyl (C=O) groups is 2. The van der Waals surface area contributed by atoms with Crippen molar-refractivity contribution in [2.45, 2.75) is 71.5 Å². The third-order valence-electron chi connectivity index (χ3n) is 7.01. The number of halogens is 1. The van der Waals surface area contributed by atoms with Crippen molar-refractivity contribution < 1.29 is 14.0 Å². The zero-order valence-electron chi connectivity index (χ0n) is 20.4. The second-order valence-corrected chi connectivity index (χ2v) is 9.25. The molecule has 0 N–H and O–H groups in total. The Bertz CT molecular complexity index is 1180. The molecule has 6 nitrogen and oxygen atoms in total. The van der Waals surface area contributed by atoms with Gasteiger partial charge in [-0.15, -0.1) is 0 Å². The van der Waals surface area contributed by atoms with Crippen LogP contribution in [0.2, 0.25) is 0 Å². The van der Waals surface area contributed by atoms with Gasteiger partial charge in [0.15, 0.2) is 0 Å². The van der Waals surface area contributed by atoms with Crippen LogP contribution in [0.4, 0.5) is 10.1 Å². The number of nitrogens with zero attached hydrogens (tertiary/aromatic N) is 4. The summed E-state index contributed by atoms with van der Waals surface area (Å²) in [5.41, 5.74) is 2.24. The Kier molecular flexibility index (Phi) is 7.00. The summed E-state index contributed by atoms with van der Waals surface area (Å²) < 4.78 is 15.8. The maximum Gasteiger partial charge on any atom is 0.243 e. The smallest absolute Gasteiger partial charge is 0.243 e. The average molecular weight is 465 g/mol. The highest BCUT2D eigenvalue weighted by Crippen LogP contribution is 2.33. The summed E-state index contributed by atoms with van der Waals surface area (Å²) in [6.45, 7) is 8.94. The minimum absolute atomic E-state index is 0.0550. The largest absolute Gasteiger partial charge is 0.336 e. The molecule has 2 aromatic carbocycles. The van der Waals surface area contributed by atoms with Gasteiger partial charge in [0.1, 0.15) is 18.2 Å². The molecule has 0 bridgehead atoms. The second-order valence-electron chi connectivity index (χ2n) is 9.25. The molecule has 3 aromatic rings. The predicted octanol–water partition coefficient (Wildman–Crippen LogP) is 5.12. The van der Waals surface area contributed by atoms with Crippen molar-refractivity contribution in [3.63, 3.8) is 0 Å². The van der Waals surface area contributed by atoms with Crippen LogP contribution in [0.25, 0.3) is 11.0 Å². The van der Waals surface area contributed by atoms with Crippen LogP contribution in [0.1, 0.15) is 58.7 Å². The molecule has 0 saturated carbocycles. The van der Waals surface area contributed by atoms with E-state index in [4.69, 9.17) is 4.98 Å². The molecule has 0 radical (unpaired) electrons. The molecule has 7 heteroatoms. The first-order chi connectivity index (χ1) is 16.3. The highest BCUT2D eigenvalue weighted by molar-refractivity contribution is 5.96. The maximum absolute atomic E-state index is 13.8. The lowest BCUT2D eigenvalue weighted by atomic mass is 10.1. The fourth-order valence-electron chi connectivity index (χ4n) is 4.88. The van der Waals surface area contributed by atoms with E-state index in [2.05, 4.69) is 27.7 Å². The summed E-state index contributed by atoms with van der Waals surface area (Å²) in [5, 5.41) is 0. The molecule has 180 valence electrons. The number of imidazole rings is 1. The summed E-state index contributed by atoms with van der Waals surface area (Å²) in [4.78, 5) is 34.9. The number of hydrogen-bond acceptors (Lipinski definition) is 3. The van der Waals surface area contributed by atoms with E-state index in [0.29, 0.717) is 12.2 Å². The number of anilines is 1. The zero-order chi connectivity index (χ0) is 24.4. The Morgan fingerprint density at radius 3 is 2.50 bits per heavy atom. The van der Waals surface area contributed by atoms with Crippen LogP contribution in [0.5, 0.6) is 0 Å². The molecule has 34 heavy (non-hydrogen) atoms. The van der Waals surface area contributed by atoms with E-state index in [0.717, 1.165) is 29.7 Å². The van der Waals surface area contributed by atoms with Gasteiger partial charge < -0.3 is 14.4 Å². The SMILES string of the molecule is CCC(C)N(C(=O)Cn1c(C2CC(=O)N(c3cccc(F)c3)C2)nc2ccccc21)C(C)CC. The fraction of sp³-hybridized carbons (Fsp3) is 0.444. The van der Waals surface area contributed by atoms with Crippen molar-refractivity contribution in [1.82, 2.24) is 14.5 Å². The molecule has 0 aliphatic carbocycles.